The van der Waals surface area contributed by atoms with E-state index in [2.05, 4.69) is 10.3 Å². The lowest BCUT2D eigenvalue weighted by atomic mass is 10.3. The molecule has 2 aromatic rings. The normalized spacial score (nSPS) is 12.1. The minimum atomic E-state index is -4.57. The van der Waals surface area contributed by atoms with Gasteiger partial charge in [0.15, 0.2) is 0 Å². The van der Waals surface area contributed by atoms with Gasteiger partial charge in [0.2, 0.25) is 5.84 Å². The van der Waals surface area contributed by atoms with E-state index in [9.17, 15) is 13.2 Å². The van der Waals surface area contributed by atoms with Gasteiger partial charge in [-0.15, -0.1) is 0 Å². The number of benzene rings is 2. The van der Waals surface area contributed by atoms with E-state index < -0.39 is 12.0 Å². The predicted molar refractivity (Wildman–Crippen MR) is 76.2 cm³/mol. The van der Waals surface area contributed by atoms with Gasteiger partial charge >= 0.3 is 6.18 Å². The van der Waals surface area contributed by atoms with Gasteiger partial charge in [-0.25, -0.2) is 4.99 Å². The molecule has 0 aliphatic heterocycles. The number of para-hydroxylation sites is 1. The Kier molecular flexibility index (Phi) is 4.47. The van der Waals surface area contributed by atoms with Crippen molar-refractivity contribution in [3.05, 3.63) is 54.6 Å². The number of anilines is 1. The van der Waals surface area contributed by atoms with Crippen LogP contribution < -0.4 is 10.1 Å². The van der Waals surface area contributed by atoms with Crippen molar-refractivity contribution in [2.75, 3.05) is 12.4 Å². The Hall–Kier alpha value is -2.50. The van der Waals surface area contributed by atoms with Gasteiger partial charge in [-0.05, 0) is 36.4 Å². The summed E-state index contributed by atoms with van der Waals surface area (Å²) in [6, 6.07) is 14.1. The fourth-order valence-electron chi connectivity index (χ4n) is 1.61. The third-order valence-electron chi connectivity index (χ3n) is 2.62. The number of nitrogens with zero attached hydrogens (tertiary/aromatic N) is 1. The zero-order valence-corrected chi connectivity index (χ0v) is 11.2. The number of rotatable bonds is 3. The monoisotopic (exact) mass is 294 g/mol. The molecule has 0 saturated carbocycles. The van der Waals surface area contributed by atoms with Crippen LogP contribution >= 0.6 is 0 Å². The largest absolute Gasteiger partial charge is 0.497 e. The molecule has 0 atom stereocenters. The first-order valence-electron chi connectivity index (χ1n) is 6.11. The second-order valence-electron chi connectivity index (χ2n) is 4.15. The predicted octanol–water partition coefficient (Wildman–Crippen LogP) is 4.40. The summed E-state index contributed by atoms with van der Waals surface area (Å²) in [5.41, 5.74) is 0.508. The van der Waals surface area contributed by atoms with Crippen LogP contribution in [0.5, 0.6) is 5.75 Å². The summed E-state index contributed by atoms with van der Waals surface area (Å²) in [4.78, 5) is 3.63. The van der Waals surface area contributed by atoms with Gasteiger partial charge in [-0.2, -0.15) is 13.2 Å². The number of nitrogens with one attached hydrogen (secondary N) is 1. The number of alkyl halides is 3. The van der Waals surface area contributed by atoms with Crippen LogP contribution in [0.3, 0.4) is 0 Å². The first-order chi connectivity index (χ1) is 9.99. The molecule has 6 heteroatoms. The van der Waals surface area contributed by atoms with Crippen LogP contribution in [0, 0.1) is 0 Å². The van der Waals surface area contributed by atoms with Crippen LogP contribution in [0.25, 0.3) is 0 Å². The summed E-state index contributed by atoms with van der Waals surface area (Å²) in [6.07, 6.45) is -4.57. The average molecular weight is 294 g/mol. The average Bonchev–Trinajstić information content (AvgIpc) is 2.47. The maximum atomic E-state index is 13.0. The minimum absolute atomic E-state index is 0.187. The van der Waals surface area contributed by atoms with Gasteiger partial charge in [0, 0.05) is 5.69 Å². The smallest absolute Gasteiger partial charge is 0.449 e. The first-order valence-corrected chi connectivity index (χ1v) is 6.11. The van der Waals surface area contributed by atoms with Crippen molar-refractivity contribution in [1.82, 2.24) is 0 Å². The van der Waals surface area contributed by atoms with Crippen molar-refractivity contribution in [3.63, 3.8) is 0 Å². The first kappa shape index (κ1) is 14.9. The molecule has 0 bridgehead atoms. The molecule has 0 aromatic heterocycles. The van der Waals surface area contributed by atoms with Crippen LogP contribution in [0.1, 0.15) is 0 Å². The Bertz CT molecular complexity index is 607. The SMILES string of the molecule is COc1ccc(N=C(Nc2ccccc2)C(F)(F)F)cc1. The van der Waals surface area contributed by atoms with E-state index in [0.29, 0.717) is 11.4 Å². The van der Waals surface area contributed by atoms with Crippen LogP contribution in [0.4, 0.5) is 24.5 Å². The number of amidine groups is 1. The van der Waals surface area contributed by atoms with Crippen LogP contribution in [0.2, 0.25) is 0 Å². The lowest BCUT2D eigenvalue weighted by Gasteiger charge is -2.13. The number of ether oxygens (including phenoxy) is 1. The zero-order valence-electron chi connectivity index (χ0n) is 11.2. The van der Waals surface area contributed by atoms with Crippen LogP contribution in [-0.4, -0.2) is 19.1 Å². The Morgan fingerprint density at radius 1 is 1.00 bits per heavy atom. The quantitative estimate of drug-likeness (QED) is 0.672. The molecule has 2 aromatic carbocycles. The molecule has 0 fully saturated rings. The summed E-state index contributed by atoms with van der Waals surface area (Å²) in [6.45, 7) is 0. The zero-order chi connectivity index (χ0) is 15.3. The lowest BCUT2D eigenvalue weighted by molar-refractivity contribution is -0.0586. The second kappa shape index (κ2) is 6.30. The van der Waals surface area contributed by atoms with Gasteiger partial charge < -0.3 is 10.1 Å². The number of hydrogen-bond acceptors (Lipinski definition) is 2. The Morgan fingerprint density at radius 3 is 2.14 bits per heavy atom. The van der Waals surface area contributed by atoms with Crippen LogP contribution in [-0.2, 0) is 0 Å². The van der Waals surface area contributed by atoms with Crippen molar-refractivity contribution in [3.8, 4) is 5.75 Å². The molecule has 0 saturated heterocycles. The highest BCUT2D eigenvalue weighted by atomic mass is 19.4. The van der Waals surface area contributed by atoms with Gasteiger partial charge in [0.05, 0.1) is 12.8 Å². The van der Waals surface area contributed by atoms with Crippen molar-refractivity contribution in [2.24, 2.45) is 4.99 Å². The summed E-state index contributed by atoms with van der Waals surface area (Å²) in [5, 5.41) is 2.29. The molecule has 0 radical (unpaired) electrons. The molecule has 0 heterocycles. The van der Waals surface area contributed by atoms with E-state index in [4.69, 9.17) is 4.74 Å². The van der Waals surface area contributed by atoms with Crippen molar-refractivity contribution in [2.45, 2.75) is 6.18 Å². The Morgan fingerprint density at radius 2 is 1.62 bits per heavy atom. The number of methoxy groups -OCH3 is 1. The number of halogens is 3. The van der Waals surface area contributed by atoms with Gasteiger partial charge in [-0.1, -0.05) is 18.2 Å². The maximum Gasteiger partial charge on any atom is 0.449 e. The third kappa shape index (κ3) is 4.24. The number of aliphatic imine (C=N–C) groups is 1. The fourth-order valence-corrected chi connectivity index (χ4v) is 1.61. The highest BCUT2D eigenvalue weighted by Gasteiger charge is 2.36. The molecule has 110 valence electrons. The molecule has 0 unspecified atom stereocenters. The topological polar surface area (TPSA) is 33.6 Å². The summed E-state index contributed by atoms with van der Waals surface area (Å²) >= 11 is 0. The molecule has 21 heavy (non-hydrogen) atoms. The molecular formula is C15H13F3N2O. The van der Waals surface area contributed by atoms with E-state index in [1.807, 2.05) is 0 Å². The van der Waals surface area contributed by atoms with E-state index in [0.717, 1.165) is 0 Å². The summed E-state index contributed by atoms with van der Waals surface area (Å²) in [5.74, 6) is -0.516. The summed E-state index contributed by atoms with van der Waals surface area (Å²) in [7, 11) is 1.48. The third-order valence-corrected chi connectivity index (χ3v) is 2.62. The van der Waals surface area contributed by atoms with Crippen LogP contribution in [0.15, 0.2) is 59.6 Å². The lowest BCUT2D eigenvalue weighted by Crippen LogP contribution is -2.30. The van der Waals surface area contributed by atoms with Gasteiger partial charge in [0.1, 0.15) is 5.75 Å². The number of hydrogen-bond donors (Lipinski definition) is 1. The Balaban J connectivity index is 2.29. The highest BCUT2D eigenvalue weighted by molar-refractivity contribution is 6.01. The van der Waals surface area contributed by atoms with Crippen molar-refractivity contribution in [1.29, 1.82) is 0 Å². The van der Waals surface area contributed by atoms with Crippen molar-refractivity contribution >= 4 is 17.2 Å². The van der Waals surface area contributed by atoms with E-state index >= 15 is 0 Å². The molecule has 0 aliphatic carbocycles. The molecule has 1 N–H and O–H groups in total. The second-order valence-corrected chi connectivity index (χ2v) is 4.15. The fraction of sp³-hybridized carbons (Fsp3) is 0.133. The van der Waals surface area contributed by atoms with E-state index in [1.165, 1.54) is 31.4 Å². The van der Waals surface area contributed by atoms with E-state index in [-0.39, 0.29) is 5.69 Å². The molecule has 2 rings (SSSR count). The molecule has 3 nitrogen and oxygen atoms in total. The van der Waals surface area contributed by atoms with Gasteiger partial charge in [-0.3, -0.25) is 0 Å². The standard InChI is InChI=1S/C15H13F3N2O/c1-21-13-9-7-12(8-10-13)20-14(15(16,17)18)19-11-5-3-2-4-6-11/h2-10H,1H3,(H,19,20). The molecule has 0 spiro atoms. The highest BCUT2D eigenvalue weighted by Crippen LogP contribution is 2.24. The van der Waals surface area contributed by atoms with Gasteiger partial charge in [0.25, 0.3) is 0 Å². The van der Waals surface area contributed by atoms with E-state index in [1.54, 1.807) is 30.3 Å². The molecular weight excluding hydrogens is 281 g/mol. The Labute approximate surface area is 120 Å². The molecule has 0 aliphatic rings. The van der Waals surface area contributed by atoms with Crippen molar-refractivity contribution < 1.29 is 17.9 Å². The minimum Gasteiger partial charge on any atom is -0.497 e. The maximum absolute atomic E-state index is 13.0. The molecule has 0 amide bonds. The summed E-state index contributed by atoms with van der Waals surface area (Å²) < 4.78 is 44.0.